The van der Waals surface area contributed by atoms with Gasteiger partial charge in [-0.1, -0.05) is 29.0 Å². The summed E-state index contributed by atoms with van der Waals surface area (Å²) < 4.78 is 31.0. The van der Waals surface area contributed by atoms with E-state index in [0.717, 1.165) is 27.4 Å². The zero-order valence-electron chi connectivity index (χ0n) is 17.0. The maximum Gasteiger partial charge on any atom is 0.249 e. The monoisotopic (exact) mass is 446 g/mol. The number of amides is 1. The molecule has 1 heterocycles. The van der Waals surface area contributed by atoms with Crippen molar-refractivity contribution in [2.24, 2.45) is 0 Å². The van der Waals surface area contributed by atoms with Gasteiger partial charge >= 0.3 is 0 Å². The first-order valence-electron chi connectivity index (χ1n) is 9.04. The fourth-order valence-corrected chi connectivity index (χ4v) is 4.76. The van der Waals surface area contributed by atoms with E-state index in [0.29, 0.717) is 10.7 Å². The largest absolute Gasteiger partial charge is 0.497 e. The second-order valence-electron chi connectivity index (χ2n) is 6.70. The van der Waals surface area contributed by atoms with E-state index in [9.17, 15) is 13.2 Å². The number of nitrogens with one attached hydrogen (secondary N) is 1. The summed E-state index contributed by atoms with van der Waals surface area (Å²) in [6.07, 6.45) is 1.07. The molecule has 0 bridgehead atoms. The minimum atomic E-state index is -3.68. The van der Waals surface area contributed by atoms with Crippen LogP contribution in [-0.4, -0.2) is 43.9 Å². The lowest BCUT2D eigenvalue weighted by Gasteiger charge is -2.27. The summed E-state index contributed by atoms with van der Waals surface area (Å²) in [5, 5.41) is 11.7. The molecular formula is C20H22N4O4S2. The van der Waals surface area contributed by atoms with Gasteiger partial charge in [-0.2, -0.15) is 0 Å². The van der Waals surface area contributed by atoms with Gasteiger partial charge in [0.05, 0.1) is 19.1 Å². The molecule has 0 unspecified atom stereocenters. The summed E-state index contributed by atoms with van der Waals surface area (Å²) in [7, 11) is -2.10. The normalized spacial score (nSPS) is 12.3. The number of rotatable bonds is 7. The highest BCUT2D eigenvalue weighted by molar-refractivity contribution is 7.92. The van der Waals surface area contributed by atoms with E-state index in [2.05, 4.69) is 15.5 Å². The van der Waals surface area contributed by atoms with Crippen molar-refractivity contribution in [2.75, 3.05) is 23.0 Å². The van der Waals surface area contributed by atoms with Crippen LogP contribution >= 0.6 is 11.3 Å². The van der Waals surface area contributed by atoms with E-state index < -0.39 is 22.0 Å². The number of hydrogen-bond acceptors (Lipinski definition) is 7. The summed E-state index contributed by atoms with van der Waals surface area (Å²) in [5.41, 5.74) is 2.24. The Labute approximate surface area is 179 Å². The highest BCUT2D eigenvalue weighted by atomic mass is 32.2. The van der Waals surface area contributed by atoms with E-state index in [1.165, 1.54) is 18.3 Å². The third-order valence-electron chi connectivity index (χ3n) is 4.37. The molecule has 3 aromatic rings. The predicted octanol–water partition coefficient (Wildman–Crippen LogP) is 3.32. The molecule has 1 N–H and O–H groups in total. The Bertz CT molecular complexity index is 1130. The molecule has 0 spiro atoms. The molecule has 0 radical (unpaired) electrons. The van der Waals surface area contributed by atoms with Gasteiger partial charge in [0.15, 0.2) is 0 Å². The van der Waals surface area contributed by atoms with Gasteiger partial charge in [0.2, 0.25) is 21.1 Å². The summed E-state index contributed by atoms with van der Waals surface area (Å²) in [5.74, 6) is 0.223. The molecule has 0 aliphatic carbocycles. The van der Waals surface area contributed by atoms with E-state index >= 15 is 0 Å². The lowest BCUT2D eigenvalue weighted by atomic mass is 10.2. The Morgan fingerprint density at radius 2 is 1.73 bits per heavy atom. The molecule has 158 valence electrons. The van der Waals surface area contributed by atoms with Crippen molar-refractivity contribution < 1.29 is 17.9 Å². The van der Waals surface area contributed by atoms with E-state index in [4.69, 9.17) is 4.74 Å². The van der Waals surface area contributed by atoms with Crippen molar-refractivity contribution >= 4 is 38.1 Å². The van der Waals surface area contributed by atoms with Gasteiger partial charge in [0.1, 0.15) is 16.8 Å². The zero-order chi connectivity index (χ0) is 21.9. The molecule has 0 fully saturated rings. The van der Waals surface area contributed by atoms with Crippen molar-refractivity contribution in [3.05, 3.63) is 54.1 Å². The van der Waals surface area contributed by atoms with Crippen LogP contribution in [0.15, 0.2) is 48.5 Å². The van der Waals surface area contributed by atoms with Crippen LogP contribution in [0.4, 0.5) is 10.8 Å². The second kappa shape index (κ2) is 8.80. The van der Waals surface area contributed by atoms with Crippen molar-refractivity contribution in [1.29, 1.82) is 0 Å². The smallest absolute Gasteiger partial charge is 0.249 e. The van der Waals surface area contributed by atoms with Crippen LogP contribution in [0.3, 0.4) is 0 Å². The Kier molecular flexibility index (Phi) is 6.37. The second-order valence-corrected chi connectivity index (χ2v) is 9.54. The Morgan fingerprint density at radius 1 is 1.10 bits per heavy atom. The fourth-order valence-electron chi connectivity index (χ4n) is 2.83. The topological polar surface area (TPSA) is 101 Å². The highest BCUT2D eigenvalue weighted by Gasteiger charge is 2.29. The van der Waals surface area contributed by atoms with Crippen molar-refractivity contribution in [3.8, 4) is 16.3 Å². The molecule has 10 heteroatoms. The number of carbonyl (C=O) groups excluding carboxylic acids is 1. The molecule has 1 aromatic heterocycles. The van der Waals surface area contributed by atoms with Crippen molar-refractivity contribution in [1.82, 2.24) is 10.2 Å². The van der Waals surface area contributed by atoms with E-state index in [1.807, 2.05) is 31.2 Å². The van der Waals surface area contributed by atoms with Crippen LogP contribution in [0.1, 0.15) is 12.5 Å². The minimum absolute atomic E-state index is 0.287. The first-order chi connectivity index (χ1) is 14.2. The molecule has 0 aliphatic rings. The Morgan fingerprint density at radius 3 is 2.30 bits per heavy atom. The Hall–Kier alpha value is -2.98. The lowest BCUT2D eigenvalue weighted by Crippen LogP contribution is -2.45. The van der Waals surface area contributed by atoms with Crippen LogP contribution < -0.4 is 14.4 Å². The average molecular weight is 447 g/mol. The van der Waals surface area contributed by atoms with Gasteiger partial charge in [-0.15, -0.1) is 10.2 Å². The number of methoxy groups -OCH3 is 1. The first kappa shape index (κ1) is 21.7. The molecule has 30 heavy (non-hydrogen) atoms. The lowest BCUT2D eigenvalue weighted by molar-refractivity contribution is -0.116. The quantitative estimate of drug-likeness (QED) is 0.597. The minimum Gasteiger partial charge on any atom is -0.497 e. The molecule has 2 aromatic carbocycles. The Balaban J connectivity index is 1.78. The summed E-state index contributed by atoms with van der Waals surface area (Å²) in [4.78, 5) is 12.8. The number of carbonyl (C=O) groups is 1. The maximum absolute atomic E-state index is 12.8. The average Bonchev–Trinajstić information content (AvgIpc) is 3.17. The van der Waals surface area contributed by atoms with Gasteiger partial charge < -0.3 is 4.74 Å². The molecule has 8 nitrogen and oxygen atoms in total. The maximum atomic E-state index is 12.8. The van der Waals surface area contributed by atoms with Crippen LogP contribution in [0.25, 0.3) is 10.6 Å². The van der Waals surface area contributed by atoms with Crippen molar-refractivity contribution in [3.63, 3.8) is 0 Å². The first-order valence-corrected chi connectivity index (χ1v) is 11.7. The van der Waals surface area contributed by atoms with Gasteiger partial charge in [0, 0.05) is 5.56 Å². The number of benzene rings is 2. The highest BCUT2D eigenvalue weighted by Crippen LogP contribution is 2.28. The number of aromatic nitrogens is 2. The number of anilines is 2. The number of hydrogen-bond donors (Lipinski definition) is 1. The van der Waals surface area contributed by atoms with Gasteiger partial charge in [-0.3, -0.25) is 14.4 Å². The van der Waals surface area contributed by atoms with E-state index in [-0.39, 0.29) is 5.13 Å². The number of ether oxygens (including phenoxy) is 1. The predicted molar refractivity (Wildman–Crippen MR) is 118 cm³/mol. The molecule has 0 saturated carbocycles. The third-order valence-corrected chi connectivity index (χ3v) is 6.50. The molecule has 0 aliphatic heterocycles. The number of sulfonamides is 1. The summed E-state index contributed by atoms with van der Waals surface area (Å²) in [6.45, 7) is 3.43. The summed E-state index contributed by atoms with van der Waals surface area (Å²) in [6, 6.07) is 13.3. The van der Waals surface area contributed by atoms with Crippen LogP contribution in [0.5, 0.6) is 5.75 Å². The van der Waals surface area contributed by atoms with E-state index in [1.54, 1.807) is 31.4 Å². The molecule has 1 amide bonds. The van der Waals surface area contributed by atoms with Crippen LogP contribution in [0, 0.1) is 6.92 Å². The summed E-state index contributed by atoms with van der Waals surface area (Å²) >= 11 is 1.20. The van der Waals surface area contributed by atoms with Gasteiger partial charge in [-0.05, 0) is 50.2 Å². The van der Waals surface area contributed by atoms with Crippen LogP contribution in [0.2, 0.25) is 0 Å². The third kappa shape index (κ3) is 4.95. The standard InChI is InChI=1S/C20H22N4O4S2/c1-13-5-9-16(10-6-13)24(30(4,26)27)14(2)18(25)21-20-23-22-19(29-20)15-7-11-17(28-3)12-8-15/h5-12,14H,1-4H3,(H,21,23,25)/t14-/m1/s1. The fraction of sp³-hybridized carbons (Fsp3) is 0.250. The zero-order valence-corrected chi connectivity index (χ0v) is 18.6. The molecular weight excluding hydrogens is 424 g/mol. The number of aryl methyl sites for hydroxylation is 1. The number of nitrogens with zero attached hydrogens (tertiary/aromatic N) is 3. The molecule has 3 rings (SSSR count). The van der Waals surface area contributed by atoms with Gasteiger partial charge in [0.25, 0.3) is 0 Å². The molecule has 1 atom stereocenters. The molecule has 0 saturated heterocycles. The van der Waals surface area contributed by atoms with Crippen molar-refractivity contribution in [2.45, 2.75) is 19.9 Å². The SMILES string of the molecule is COc1ccc(-c2nnc(NC(=O)[C@@H](C)N(c3ccc(C)cc3)S(C)(=O)=O)s2)cc1. The van der Waals surface area contributed by atoms with Gasteiger partial charge in [-0.25, -0.2) is 8.42 Å². The van der Waals surface area contributed by atoms with Crippen LogP contribution in [-0.2, 0) is 14.8 Å².